The average Bonchev–Trinajstić information content (AvgIpc) is 3.54. The minimum Gasteiger partial charge on any atom is -0.464 e. The van der Waals surface area contributed by atoms with Crippen molar-refractivity contribution in [3.8, 4) is 11.1 Å². The van der Waals surface area contributed by atoms with Gasteiger partial charge in [0.15, 0.2) is 0 Å². The van der Waals surface area contributed by atoms with Gasteiger partial charge in [-0.1, -0.05) is 140 Å². The number of hydrogen-bond donors (Lipinski definition) is 1. The number of carbonyl (C=O) groups is 2. The standard InChI is InChI=1S/C46H47NO5S/c1-2-50-37-28-26-33(27-29-37)30-51-44(48)43(47-45(49)52-31-42-40-24-14-12-22-38(40)39-23-13-15-25-41(39)42)32-53-46(34-16-6-3-7-17-34,35-18-8-4-9-19-35)36-20-10-5-11-21-36/h3-25,33,37,42-43H,2,26-32H2,1H3,(H,47,49)/t33?,37?,43-/m0/s1. The number of ether oxygens (including phenoxy) is 3. The van der Waals surface area contributed by atoms with Crippen molar-refractivity contribution in [2.24, 2.45) is 5.92 Å². The largest absolute Gasteiger partial charge is 0.464 e. The zero-order valence-electron chi connectivity index (χ0n) is 30.2. The lowest BCUT2D eigenvalue weighted by Gasteiger charge is -2.36. The number of fused-ring (bicyclic) bond motifs is 3. The van der Waals surface area contributed by atoms with Crippen LogP contribution in [0.2, 0.25) is 0 Å². The van der Waals surface area contributed by atoms with Crippen LogP contribution in [0.4, 0.5) is 4.79 Å². The minimum atomic E-state index is -0.953. The van der Waals surface area contributed by atoms with Crippen LogP contribution < -0.4 is 5.32 Å². The van der Waals surface area contributed by atoms with Gasteiger partial charge in [-0.15, -0.1) is 11.8 Å². The molecular formula is C46H47NO5S. The van der Waals surface area contributed by atoms with E-state index >= 15 is 0 Å². The summed E-state index contributed by atoms with van der Waals surface area (Å²) < 4.78 is 17.1. The van der Waals surface area contributed by atoms with Crippen LogP contribution in [0, 0.1) is 5.92 Å². The highest BCUT2D eigenvalue weighted by Gasteiger charge is 2.39. The molecule has 0 spiro atoms. The number of benzene rings is 5. The van der Waals surface area contributed by atoms with E-state index in [1.54, 1.807) is 11.8 Å². The normalized spacial score (nSPS) is 17.3. The Balaban J connectivity index is 1.13. The predicted molar refractivity (Wildman–Crippen MR) is 212 cm³/mol. The Morgan fingerprint density at radius 3 is 1.66 bits per heavy atom. The molecule has 7 heteroatoms. The van der Waals surface area contributed by atoms with Gasteiger partial charge in [0.05, 0.1) is 17.5 Å². The quantitative estimate of drug-likeness (QED) is 0.0908. The van der Waals surface area contributed by atoms with E-state index < -0.39 is 22.9 Å². The molecule has 0 aromatic heterocycles. The Morgan fingerprint density at radius 1 is 0.660 bits per heavy atom. The van der Waals surface area contributed by atoms with Crippen LogP contribution in [0.25, 0.3) is 11.1 Å². The maximum Gasteiger partial charge on any atom is 0.407 e. The summed E-state index contributed by atoms with van der Waals surface area (Å²) >= 11 is 1.61. The van der Waals surface area contributed by atoms with Crippen molar-refractivity contribution < 1.29 is 23.8 Å². The second-order valence-corrected chi connectivity index (χ2v) is 15.1. The van der Waals surface area contributed by atoms with Crippen LogP contribution >= 0.6 is 11.8 Å². The molecule has 7 rings (SSSR count). The molecule has 1 amide bonds. The number of amides is 1. The first kappa shape index (κ1) is 36.5. The van der Waals surface area contributed by atoms with Crippen molar-refractivity contribution in [1.29, 1.82) is 0 Å². The number of rotatable bonds is 14. The van der Waals surface area contributed by atoms with Crippen molar-refractivity contribution in [2.45, 2.75) is 55.4 Å². The van der Waals surface area contributed by atoms with E-state index in [2.05, 4.69) is 66.0 Å². The van der Waals surface area contributed by atoms with E-state index in [1.165, 1.54) is 0 Å². The lowest BCUT2D eigenvalue weighted by molar-refractivity contribution is -0.147. The number of carbonyl (C=O) groups excluding carboxylic acids is 2. The van der Waals surface area contributed by atoms with E-state index in [9.17, 15) is 9.59 Å². The van der Waals surface area contributed by atoms with Crippen LogP contribution in [-0.2, 0) is 23.8 Å². The Kier molecular flexibility index (Phi) is 11.9. The number of alkyl carbamates (subject to hydrolysis) is 1. The van der Waals surface area contributed by atoms with Crippen molar-refractivity contribution >= 4 is 23.8 Å². The second-order valence-electron chi connectivity index (χ2n) is 13.8. The van der Waals surface area contributed by atoms with Crippen molar-refractivity contribution in [2.75, 3.05) is 25.6 Å². The molecule has 1 atom stereocenters. The van der Waals surface area contributed by atoms with Crippen LogP contribution in [0.3, 0.4) is 0 Å². The molecule has 1 saturated carbocycles. The second kappa shape index (κ2) is 17.3. The molecule has 0 radical (unpaired) electrons. The maximum absolute atomic E-state index is 14.1. The van der Waals surface area contributed by atoms with E-state index in [0.717, 1.165) is 64.6 Å². The highest BCUT2D eigenvalue weighted by molar-refractivity contribution is 8.00. The number of nitrogens with one attached hydrogen (secondary N) is 1. The molecule has 6 nitrogen and oxygen atoms in total. The molecular weight excluding hydrogens is 679 g/mol. The lowest BCUT2D eigenvalue weighted by Crippen LogP contribution is -2.45. The third-order valence-corrected chi connectivity index (χ3v) is 12.2. The van der Waals surface area contributed by atoms with E-state index in [4.69, 9.17) is 14.2 Å². The Bertz CT molecular complexity index is 1800. The summed E-state index contributed by atoms with van der Waals surface area (Å²) in [7, 11) is 0. The topological polar surface area (TPSA) is 73.9 Å². The summed E-state index contributed by atoms with van der Waals surface area (Å²) in [4.78, 5) is 27.8. The summed E-state index contributed by atoms with van der Waals surface area (Å²) in [6.45, 7) is 3.20. The van der Waals surface area contributed by atoms with Crippen LogP contribution in [0.5, 0.6) is 0 Å². The lowest BCUT2D eigenvalue weighted by atomic mass is 9.84. The van der Waals surface area contributed by atoms with Crippen molar-refractivity contribution in [3.05, 3.63) is 167 Å². The van der Waals surface area contributed by atoms with Crippen LogP contribution in [0.15, 0.2) is 140 Å². The van der Waals surface area contributed by atoms with Crippen LogP contribution in [-0.4, -0.2) is 49.8 Å². The fourth-order valence-corrected chi connectivity index (χ4v) is 9.47. The van der Waals surface area contributed by atoms with E-state index in [0.29, 0.717) is 13.2 Å². The first-order chi connectivity index (χ1) is 26.1. The average molecular weight is 726 g/mol. The van der Waals surface area contributed by atoms with E-state index in [-0.39, 0.29) is 30.3 Å². The molecule has 5 aromatic rings. The van der Waals surface area contributed by atoms with Gasteiger partial charge >= 0.3 is 12.1 Å². The van der Waals surface area contributed by atoms with E-state index in [1.807, 2.05) is 85.8 Å². The van der Waals surface area contributed by atoms with Gasteiger partial charge < -0.3 is 19.5 Å². The van der Waals surface area contributed by atoms with Gasteiger partial charge in [-0.3, -0.25) is 0 Å². The van der Waals surface area contributed by atoms with Gasteiger partial charge in [0.1, 0.15) is 12.6 Å². The molecule has 272 valence electrons. The van der Waals surface area contributed by atoms with Gasteiger partial charge in [0.2, 0.25) is 0 Å². The Labute approximate surface area is 317 Å². The Hall–Kier alpha value is -4.85. The summed E-state index contributed by atoms with van der Waals surface area (Å²) in [5, 5.41) is 2.95. The highest BCUT2D eigenvalue weighted by Crippen LogP contribution is 2.49. The highest BCUT2D eigenvalue weighted by atomic mass is 32.2. The van der Waals surface area contributed by atoms with Gasteiger partial charge in [-0.25, -0.2) is 9.59 Å². The SMILES string of the molecule is CCOC1CCC(COC(=O)[C@H](CSC(c2ccccc2)(c2ccccc2)c2ccccc2)NC(=O)OCC2c3ccccc3-c3ccccc32)CC1. The first-order valence-electron chi connectivity index (χ1n) is 18.8. The molecule has 5 aromatic carbocycles. The summed E-state index contributed by atoms with van der Waals surface area (Å²) in [6.07, 6.45) is 3.43. The third kappa shape index (κ3) is 8.22. The van der Waals surface area contributed by atoms with Crippen molar-refractivity contribution in [1.82, 2.24) is 5.32 Å². The number of thioether (sulfide) groups is 1. The first-order valence-corrected chi connectivity index (χ1v) is 19.8. The smallest absolute Gasteiger partial charge is 0.407 e. The van der Waals surface area contributed by atoms with Crippen molar-refractivity contribution in [3.63, 3.8) is 0 Å². The predicted octanol–water partition coefficient (Wildman–Crippen LogP) is 9.76. The molecule has 0 bridgehead atoms. The fraction of sp³-hybridized carbons (Fsp3) is 0.304. The van der Waals surface area contributed by atoms with Crippen LogP contribution in [0.1, 0.15) is 66.3 Å². The maximum atomic E-state index is 14.1. The van der Waals surface area contributed by atoms with Gasteiger partial charge in [0.25, 0.3) is 0 Å². The molecule has 2 aliphatic rings. The van der Waals surface area contributed by atoms with Gasteiger partial charge in [-0.05, 0) is 77.5 Å². The number of esters is 1. The summed E-state index contributed by atoms with van der Waals surface area (Å²) in [5.41, 5.74) is 7.79. The van der Waals surface area contributed by atoms with Gasteiger partial charge in [-0.2, -0.15) is 0 Å². The molecule has 0 saturated heterocycles. The summed E-state index contributed by atoms with van der Waals surface area (Å²) in [6, 6.07) is 46.6. The molecule has 1 N–H and O–H groups in total. The molecule has 53 heavy (non-hydrogen) atoms. The summed E-state index contributed by atoms with van der Waals surface area (Å²) in [5.74, 6) is -0.0446. The Morgan fingerprint density at radius 2 is 1.15 bits per heavy atom. The van der Waals surface area contributed by atoms with Gasteiger partial charge in [0, 0.05) is 18.3 Å². The zero-order chi connectivity index (χ0) is 36.5. The third-order valence-electron chi connectivity index (χ3n) is 10.6. The fourth-order valence-electron chi connectivity index (χ4n) is 7.93. The monoisotopic (exact) mass is 725 g/mol. The molecule has 0 unspecified atom stereocenters. The molecule has 2 aliphatic carbocycles. The molecule has 0 heterocycles. The molecule has 1 fully saturated rings. The molecule has 0 aliphatic heterocycles. The zero-order valence-corrected chi connectivity index (χ0v) is 31.0. The minimum absolute atomic E-state index is 0.0957. The number of hydrogen-bond acceptors (Lipinski definition) is 6.